The van der Waals surface area contributed by atoms with Gasteiger partial charge in [-0.1, -0.05) is 0 Å². The Labute approximate surface area is 135 Å². The summed E-state index contributed by atoms with van der Waals surface area (Å²) in [5.41, 5.74) is 1.33. The molecule has 0 radical (unpaired) electrons. The predicted molar refractivity (Wildman–Crippen MR) is 91.4 cm³/mol. The fourth-order valence-corrected chi connectivity index (χ4v) is 6.45. The molecular weight excluding hydrogens is 341 g/mol. The van der Waals surface area contributed by atoms with Crippen molar-refractivity contribution in [3.05, 3.63) is 66.2 Å². The molecule has 0 fully saturated rings. The molecule has 0 saturated carbocycles. The number of hydrogen-bond donors (Lipinski definition) is 0. The van der Waals surface area contributed by atoms with Crippen LogP contribution in [0, 0.1) is 0 Å². The van der Waals surface area contributed by atoms with E-state index in [1.165, 1.54) is 5.56 Å². The molecule has 0 bridgehead atoms. The second-order valence-corrected chi connectivity index (χ2v) is 12.4. The van der Waals surface area contributed by atoms with Crippen LogP contribution in [0.3, 0.4) is 0 Å². The first-order chi connectivity index (χ1) is 10.1. The first kappa shape index (κ1) is 16.3. The second-order valence-electron chi connectivity index (χ2n) is 5.40. The summed E-state index contributed by atoms with van der Waals surface area (Å²) in [4.78, 5) is 0.478. The van der Waals surface area contributed by atoms with Gasteiger partial charge in [-0.3, -0.25) is 0 Å². The van der Waals surface area contributed by atoms with Gasteiger partial charge >= 0.3 is 136 Å². The van der Waals surface area contributed by atoms with Gasteiger partial charge in [0, 0.05) is 0 Å². The van der Waals surface area contributed by atoms with E-state index in [0.29, 0.717) is 4.90 Å². The fourth-order valence-electron chi connectivity index (χ4n) is 2.40. The van der Waals surface area contributed by atoms with Crippen LogP contribution in [0.2, 0.25) is 0 Å². The van der Waals surface area contributed by atoms with Crippen LogP contribution in [0.4, 0.5) is 0 Å². The third kappa shape index (κ3) is 4.71. The standard InChI is InChI=1S/C17H22GeO2S/c18-17(21(19,20)16-12-5-2-6-13-16)14-8-7-11-15-9-3-1-4-10-15/h1-6,9-10,12-13,17H,7-8,11,14H2,18H3. The molecule has 0 spiro atoms. The number of unbranched alkanes of at least 4 members (excludes halogenated alkanes) is 1. The summed E-state index contributed by atoms with van der Waals surface area (Å²) in [5.74, 6) is 0. The Hall–Kier alpha value is -1.07. The quantitative estimate of drug-likeness (QED) is 0.560. The molecule has 112 valence electrons. The molecule has 1 unspecified atom stereocenters. The van der Waals surface area contributed by atoms with Crippen molar-refractivity contribution in [1.82, 2.24) is 0 Å². The molecule has 0 aliphatic heterocycles. The molecule has 0 amide bonds. The summed E-state index contributed by atoms with van der Waals surface area (Å²) in [7, 11) is -3.10. The van der Waals surface area contributed by atoms with E-state index >= 15 is 0 Å². The Kier molecular flexibility index (Phi) is 6.06. The van der Waals surface area contributed by atoms with Crippen LogP contribution in [0.1, 0.15) is 24.8 Å². The Bertz CT molecular complexity index is 639. The number of benzene rings is 2. The van der Waals surface area contributed by atoms with Gasteiger partial charge < -0.3 is 0 Å². The van der Waals surface area contributed by atoms with Crippen LogP contribution < -0.4 is 0 Å². The van der Waals surface area contributed by atoms with Crippen LogP contribution in [0.15, 0.2) is 65.6 Å². The van der Waals surface area contributed by atoms with E-state index in [4.69, 9.17) is 0 Å². The van der Waals surface area contributed by atoms with Crippen molar-refractivity contribution in [3.8, 4) is 0 Å². The van der Waals surface area contributed by atoms with E-state index in [1.54, 1.807) is 24.3 Å². The Balaban J connectivity index is 1.83. The van der Waals surface area contributed by atoms with Crippen LogP contribution in [0.5, 0.6) is 0 Å². The number of hydrogen-bond acceptors (Lipinski definition) is 2. The molecule has 0 aliphatic rings. The maximum absolute atomic E-state index is 12.4. The molecular formula is C17H22GeO2S. The molecule has 2 aromatic carbocycles. The SMILES string of the molecule is O=S(=O)(c1ccccc1)[CH]([GeH3])CCCCc1ccccc1. The summed E-state index contributed by atoms with van der Waals surface area (Å²) in [5, 5.41) is 0. The average Bonchev–Trinajstić information content (AvgIpc) is 2.53. The van der Waals surface area contributed by atoms with Crippen molar-refractivity contribution < 1.29 is 8.42 Å². The van der Waals surface area contributed by atoms with Gasteiger partial charge in [0.1, 0.15) is 0 Å². The first-order valence-corrected chi connectivity index (χ1v) is 11.4. The van der Waals surface area contributed by atoms with Crippen LogP contribution in [0.25, 0.3) is 0 Å². The fraction of sp³-hybridized carbons (Fsp3) is 0.294. The van der Waals surface area contributed by atoms with Crippen molar-refractivity contribution in [2.45, 2.75) is 34.7 Å². The van der Waals surface area contributed by atoms with E-state index in [0.717, 1.165) is 25.7 Å². The molecule has 0 saturated heterocycles. The van der Waals surface area contributed by atoms with Gasteiger partial charge in [0.15, 0.2) is 0 Å². The third-order valence-electron chi connectivity index (χ3n) is 3.77. The summed E-state index contributed by atoms with van der Waals surface area (Å²) in [6, 6.07) is 19.2. The molecule has 21 heavy (non-hydrogen) atoms. The average molecular weight is 363 g/mol. The van der Waals surface area contributed by atoms with Gasteiger partial charge in [0.2, 0.25) is 0 Å². The third-order valence-corrected chi connectivity index (χ3v) is 11.1. The van der Waals surface area contributed by atoms with Crippen LogP contribution >= 0.6 is 0 Å². The van der Waals surface area contributed by atoms with E-state index in [-0.39, 0.29) is 20.6 Å². The monoisotopic (exact) mass is 364 g/mol. The van der Waals surface area contributed by atoms with Crippen molar-refractivity contribution in [2.75, 3.05) is 0 Å². The number of sulfone groups is 1. The van der Waals surface area contributed by atoms with Crippen LogP contribution in [-0.2, 0) is 16.3 Å². The zero-order valence-corrected chi connectivity index (χ0v) is 17.4. The van der Waals surface area contributed by atoms with E-state index < -0.39 is 9.84 Å². The predicted octanol–water partition coefficient (Wildman–Crippen LogP) is 2.56. The van der Waals surface area contributed by atoms with Gasteiger partial charge in [-0.15, -0.1) is 0 Å². The molecule has 1 atom stereocenters. The Morgan fingerprint density at radius 3 is 2.05 bits per heavy atom. The summed E-state index contributed by atoms with van der Waals surface area (Å²) >= 11 is 0.286. The van der Waals surface area contributed by atoms with E-state index in [2.05, 4.69) is 12.1 Å². The summed E-state index contributed by atoms with van der Waals surface area (Å²) < 4.78 is 24.8. The number of aryl methyl sites for hydroxylation is 1. The molecule has 2 nitrogen and oxygen atoms in total. The van der Waals surface area contributed by atoms with Crippen molar-refractivity contribution >= 4 is 26.4 Å². The van der Waals surface area contributed by atoms with Gasteiger partial charge in [0.05, 0.1) is 0 Å². The van der Waals surface area contributed by atoms with Gasteiger partial charge in [-0.2, -0.15) is 0 Å². The maximum atomic E-state index is 12.4. The van der Waals surface area contributed by atoms with Gasteiger partial charge in [0.25, 0.3) is 0 Å². The topological polar surface area (TPSA) is 34.1 Å². The molecule has 2 rings (SSSR count). The molecule has 0 aromatic heterocycles. The van der Waals surface area contributed by atoms with Crippen molar-refractivity contribution in [3.63, 3.8) is 0 Å². The normalized spacial score (nSPS) is 13.1. The second kappa shape index (κ2) is 7.80. The molecule has 0 heterocycles. The van der Waals surface area contributed by atoms with E-state index in [9.17, 15) is 8.42 Å². The molecule has 0 N–H and O–H groups in total. The zero-order chi connectivity index (χ0) is 15.1. The van der Waals surface area contributed by atoms with Crippen LogP contribution in [-0.4, -0.2) is 29.0 Å². The van der Waals surface area contributed by atoms with Gasteiger partial charge in [-0.25, -0.2) is 0 Å². The summed E-state index contributed by atoms with van der Waals surface area (Å²) in [6.45, 7) is 0. The molecule has 4 heteroatoms. The van der Waals surface area contributed by atoms with Crippen molar-refractivity contribution in [1.29, 1.82) is 0 Å². The van der Waals surface area contributed by atoms with E-state index in [1.807, 2.05) is 24.3 Å². The minimum atomic E-state index is -3.10. The Morgan fingerprint density at radius 2 is 1.43 bits per heavy atom. The minimum absolute atomic E-state index is 0.136. The van der Waals surface area contributed by atoms with Gasteiger partial charge in [-0.05, 0) is 0 Å². The molecule has 0 aliphatic carbocycles. The Morgan fingerprint density at radius 1 is 0.857 bits per heavy atom. The molecule has 2 aromatic rings. The number of rotatable bonds is 7. The van der Waals surface area contributed by atoms with Crippen molar-refractivity contribution in [2.24, 2.45) is 0 Å². The summed E-state index contributed by atoms with van der Waals surface area (Å²) in [6.07, 6.45) is 3.87. The first-order valence-electron chi connectivity index (χ1n) is 7.43. The zero-order valence-electron chi connectivity index (χ0n) is 12.4.